The minimum absolute atomic E-state index is 0.0811. The second-order valence-corrected chi connectivity index (χ2v) is 5.82. The van der Waals surface area contributed by atoms with E-state index in [0.29, 0.717) is 11.4 Å². The molecular weight excluding hydrogens is 302 g/mol. The highest BCUT2D eigenvalue weighted by molar-refractivity contribution is 9.11. The Morgan fingerprint density at radius 2 is 2.41 bits per heavy atom. The Bertz CT molecular complexity index is 507. The van der Waals surface area contributed by atoms with Gasteiger partial charge in [-0.15, -0.1) is 11.3 Å². The van der Waals surface area contributed by atoms with Gasteiger partial charge in [-0.3, -0.25) is 4.79 Å². The van der Waals surface area contributed by atoms with Crippen molar-refractivity contribution in [1.82, 2.24) is 15.3 Å². The van der Waals surface area contributed by atoms with Gasteiger partial charge in [0.25, 0.3) is 5.91 Å². The molecule has 2 heterocycles. The molecule has 88 valence electrons. The summed E-state index contributed by atoms with van der Waals surface area (Å²) in [5.41, 5.74) is 1.86. The molecule has 1 N–H and O–H groups in total. The van der Waals surface area contributed by atoms with E-state index in [1.54, 1.807) is 12.3 Å². The number of carbonyl (C=O) groups excluding carboxylic acids is 1. The van der Waals surface area contributed by atoms with E-state index in [9.17, 15) is 4.79 Å². The maximum atomic E-state index is 11.8. The molecule has 6 heteroatoms. The third-order valence-electron chi connectivity index (χ3n) is 2.15. The Kier molecular flexibility index (Phi) is 3.86. The number of aromatic nitrogens is 2. The summed E-state index contributed by atoms with van der Waals surface area (Å²) in [6.45, 7) is 2.37. The molecule has 0 aliphatic heterocycles. The van der Waals surface area contributed by atoms with Crippen LogP contribution in [0.3, 0.4) is 0 Å². The van der Waals surface area contributed by atoms with Crippen LogP contribution in [0.25, 0.3) is 0 Å². The second kappa shape index (κ2) is 5.37. The van der Waals surface area contributed by atoms with Gasteiger partial charge in [-0.25, -0.2) is 9.97 Å². The summed E-state index contributed by atoms with van der Waals surface area (Å²) < 4.78 is 0.990. The predicted molar refractivity (Wildman–Crippen MR) is 70.0 cm³/mol. The van der Waals surface area contributed by atoms with Crippen molar-refractivity contribution in [1.29, 1.82) is 0 Å². The largest absolute Gasteiger partial charge is 0.346 e. The van der Waals surface area contributed by atoms with Crippen LogP contribution in [-0.4, -0.2) is 15.9 Å². The first-order valence-corrected chi connectivity index (χ1v) is 6.57. The molecule has 4 nitrogen and oxygen atoms in total. The van der Waals surface area contributed by atoms with Gasteiger partial charge >= 0.3 is 0 Å². The molecular formula is C11H10BrN3OS. The maximum Gasteiger partial charge on any atom is 0.261 e. The molecule has 0 bridgehead atoms. The van der Waals surface area contributed by atoms with Crippen molar-refractivity contribution < 1.29 is 4.79 Å². The highest BCUT2D eigenvalue weighted by Crippen LogP contribution is 2.27. The van der Waals surface area contributed by atoms with Gasteiger partial charge in [-0.2, -0.15) is 0 Å². The van der Waals surface area contributed by atoms with Gasteiger partial charge < -0.3 is 5.32 Å². The van der Waals surface area contributed by atoms with E-state index in [0.717, 1.165) is 15.0 Å². The fourth-order valence-corrected chi connectivity index (χ4v) is 2.70. The average Bonchev–Trinajstić information content (AvgIpc) is 2.68. The van der Waals surface area contributed by atoms with E-state index >= 15 is 0 Å². The SMILES string of the molecule is Cc1cc(C(=O)NCc2ccncn2)sc1Br. The summed E-state index contributed by atoms with van der Waals surface area (Å²) in [5.74, 6) is -0.0811. The molecule has 1 amide bonds. The first kappa shape index (κ1) is 12.2. The quantitative estimate of drug-likeness (QED) is 0.947. The first-order valence-electron chi connectivity index (χ1n) is 4.96. The van der Waals surface area contributed by atoms with Crippen LogP contribution in [0.1, 0.15) is 20.9 Å². The summed E-state index contributed by atoms with van der Waals surface area (Å²) in [6.07, 6.45) is 3.12. The molecule has 17 heavy (non-hydrogen) atoms. The van der Waals surface area contributed by atoms with E-state index in [4.69, 9.17) is 0 Å². The molecule has 2 aromatic heterocycles. The Morgan fingerprint density at radius 3 is 3.00 bits per heavy atom. The molecule has 0 spiro atoms. The van der Waals surface area contributed by atoms with Crippen molar-refractivity contribution >= 4 is 33.2 Å². The zero-order chi connectivity index (χ0) is 12.3. The number of rotatable bonds is 3. The standard InChI is InChI=1S/C11H10BrN3OS/c1-7-4-9(17-10(7)12)11(16)14-5-8-2-3-13-6-15-8/h2-4,6H,5H2,1H3,(H,14,16). The number of hydrogen-bond donors (Lipinski definition) is 1. The van der Waals surface area contributed by atoms with E-state index in [2.05, 4.69) is 31.2 Å². The maximum absolute atomic E-state index is 11.8. The fourth-order valence-electron chi connectivity index (χ4n) is 1.25. The Morgan fingerprint density at radius 1 is 1.59 bits per heavy atom. The first-order chi connectivity index (χ1) is 8.16. The monoisotopic (exact) mass is 311 g/mol. The number of thiophene rings is 1. The average molecular weight is 312 g/mol. The highest BCUT2D eigenvalue weighted by atomic mass is 79.9. The van der Waals surface area contributed by atoms with Crippen molar-refractivity contribution in [3.05, 3.63) is 44.6 Å². The zero-order valence-corrected chi connectivity index (χ0v) is 11.5. The van der Waals surface area contributed by atoms with Crippen molar-refractivity contribution in [3.8, 4) is 0 Å². The number of halogens is 1. The lowest BCUT2D eigenvalue weighted by molar-refractivity contribution is 0.0954. The molecule has 2 rings (SSSR count). The summed E-state index contributed by atoms with van der Waals surface area (Å²) in [4.78, 5) is 20.4. The molecule has 0 saturated heterocycles. The van der Waals surface area contributed by atoms with E-state index in [-0.39, 0.29) is 5.91 Å². The topological polar surface area (TPSA) is 54.9 Å². The summed E-state index contributed by atoms with van der Waals surface area (Å²) in [6, 6.07) is 3.64. The number of nitrogens with one attached hydrogen (secondary N) is 1. The molecule has 0 aromatic carbocycles. The third kappa shape index (κ3) is 3.10. The van der Waals surface area contributed by atoms with Gasteiger partial charge in [-0.1, -0.05) is 0 Å². The van der Waals surface area contributed by atoms with Crippen LogP contribution >= 0.6 is 27.3 Å². The smallest absolute Gasteiger partial charge is 0.261 e. The van der Waals surface area contributed by atoms with E-state index in [1.165, 1.54) is 17.7 Å². The van der Waals surface area contributed by atoms with Crippen molar-refractivity contribution in [2.24, 2.45) is 0 Å². The second-order valence-electron chi connectivity index (χ2n) is 3.45. The minimum Gasteiger partial charge on any atom is -0.346 e. The number of nitrogens with zero attached hydrogens (tertiary/aromatic N) is 2. The molecule has 0 radical (unpaired) electrons. The number of aryl methyl sites for hydroxylation is 1. The lowest BCUT2D eigenvalue weighted by atomic mass is 10.3. The zero-order valence-electron chi connectivity index (χ0n) is 9.11. The van der Waals surface area contributed by atoms with E-state index < -0.39 is 0 Å². The van der Waals surface area contributed by atoms with E-state index in [1.807, 2.05) is 13.0 Å². The summed E-state index contributed by atoms with van der Waals surface area (Å²) in [5, 5.41) is 2.82. The van der Waals surface area contributed by atoms with Crippen molar-refractivity contribution in [2.45, 2.75) is 13.5 Å². The van der Waals surface area contributed by atoms with Gasteiger partial charge in [0.15, 0.2) is 0 Å². The summed E-state index contributed by atoms with van der Waals surface area (Å²) in [7, 11) is 0. The molecule has 0 fully saturated rings. The van der Waals surface area contributed by atoms with Gasteiger partial charge in [0, 0.05) is 6.20 Å². The summed E-state index contributed by atoms with van der Waals surface area (Å²) >= 11 is 4.83. The minimum atomic E-state index is -0.0811. The van der Waals surface area contributed by atoms with Crippen LogP contribution in [0.15, 0.2) is 28.4 Å². The number of amides is 1. The van der Waals surface area contributed by atoms with Crippen LogP contribution in [0, 0.1) is 6.92 Å². The molecule has 0 atom stereocenters. The van der Waals surface area contributed by atoms with Crippen LogP contribution < -0.4 is 5.32 Å². The van der Waals surface area contributed by atoms with Crippen LogP contribution in [0.5, 0.6) is 0 Å². The lowest BCUT2D eigenvalue weighted by Gasteiger charge is -2.01. The molecule has 0 saturated carbocycles. The number of carbonyl (C=O) groups is 1. The normalized spacial score (nSPS) is 10.2. The molecule has 0 aliphatic carbocycles. The Hall–Kier alpha value is -1.27. The van der Waals surface area contributed by atoms with Crippen LogP contribution in [0.2, 0.25) is 0 Å². The van der Waals surface area contributed by atoms with Gasteiger partial charge in [0.05, 0.1) is 20.9 Å². The molecule has 0 aliphatic rings. The fraction of sp³-hybridized carbons (Fsp3) is 0.182. The predicted octanol–water partition coefficient (Wildman–Crippen LogP) is 2.54. The Labute approximate surface area is 111 Å². The Balaban J connectivity index is 1.98. The van der Waals surface area contributed by atoms with Crippen LogP contribution in [0.4, 0.5) is 0 Å². The third-order valence-corrected chi connectivity index (χ3v) is 4.29. The van der Waals surface area contributed by atoms with Crippen LogP contribution in [-0.2, 0) is 6.54 Å². The molecule has 2 aromatic rings. The highest BCUT2D eigenvalue weighted by Gasteiger charge is 2.10. The number of hydrogen-bond acceptors (Lipinski definition) is 4. The van der Waals surface area contributed by atoms with Crippen molar-refractivity contribution in [2.75, 3.05) is 0 Å². The van der Waals surface area contributed by atoms with Gasteiger partial charge in [0.2, 0.25) is 0 Å². The van der Waals surface area contributed by atoms with Crippen molar-refractivity contribution in [3.63, 3.8) is 0 Å². The molecule has 0 unspecified atom stereocenters. The lowest BCUT2D eigenvalue weighted by Crippen LogP contribution is -2.22. The van der Waals surface area contributed by atoms with Gasteiger partial charge in [-0.05, 0) is 40.5 Å². The van der Waals surface area contributed by atoms with Gasteiger partial charge in [0.1, 0.15) is 6.33 Å².